The van der Waals surface area contributed by atoms with Crippen molar-refractivity contribution in [3.05, 3.63) is 94.6 Å². The quantitative estimate of drug-likeness (QED) is 0.136. The van der Waals surface area contributed by atoms with Gasteiger partial charge in [-0.05, 0) is 28.8 Å². The van der Waals surface area contributed by atoms with Gasteiger partial charge in [0.15, 0.2) is 0 Å². The highest BCUT2D eigenvalue weighted by atomic mass is 32.2. The first kappa shape index (κ1) is 24.1. The maximum Gasteiger partial charge on any atom is 0.138 e. The molecule has 0 nitrogen and oxygen atoms in total. The lowest BCUT2D eigenvalue weighted by Gasteiger charge is -2.27. The Bertz CT molecular complexity index is 1940. The normalized spacial score (nSPS) is 17.3. The van der Waals surface area contributed by atoms with Gasteiger partial charge in [-0.2, -0.15) is 0 Å². The van der Waals surface area contributed by atoms with Crippen LogP contribution in [0.25, 0.3) is 37.0 Å². The molecule has 5 aromatic rings. The summed E-state index contributed by atoms with van der Waals surface area (Å²) in [4.78, 5) is 1.40. The first-order chi connectivity index (χ1) is 18.5. The van der Waals surface area contributed by atoms with Gasteiger partial charge in [0.1, 0.15) is 17.6 Å². The summed E-state index contributed by atoms with van der Waals surface area (Å²) < 4.78 is 2.68. The maximum atomic E-state index is 3.76. The van der Waals surface area contributed by atoms with Crippen LogP contribution in [-0.2, 0) is 0 Å². The minimum Gasteiger partial charge on any atom is -0.134 e. The molecule has 0 bridgehead atoms. The van der Waals surface area contributed by atoms with Crippen LogP contribution in [0.2, 0.25) is 26.2 Å². The van der Waals surface area contributed by atoms with E-state index in [1.807, 2.05) is 23.1 Å². The molecular weight excluding hydrogens is 529 g/mol. The van der Waals surface area contributed by atoms with E-state index in [0.717, 1.165) is 0 Å². The molecule has 2 heterocycles. The average molecular weight is 555 g/mol. The lowest BCUT2D eigenvalue weighted by molar-refractivity contribution is 0.817. The zero-order valence-electron chi connectivity index (χ0n) is 21.9. The number of thioether (sulfide) groups is 1. The SMILES string of the molecule is C[Si](C)C#Cc1c2c(c(C#C[Si](C)C)c3c1ccc1c4ccccc4sc13)C=CC1c3ccccc3SC21. The van der Waals surface area contributed by atoms with Crippen molar-refractivity contribution in [1.82, 2.24) is 0 Å². The molecule has 0 saturated heterocycles. The third kappa shape index (κ3) is 3.75. The third-order valence-electron chi connectivity index (χ3n) is 7.38. The highest BCUT2D eigenvalue weighted by Crippen LogP contribution is 2.59. The van der Waals surface area contributed by atoms with Crippen LogP contribution in [0.1, 0.15) is 39.0 Å². The number of rotatable bonds is 0. The smallest absolute Gasteiger partial charge is 0.134 e. The summed E-state index contributed by atoms with van der Waals surface area (Å²) in [7, 11) is -1.41. The molecule has 2 atom stereocenters. The fourth-order valence-corrected chi connectivity index (χ4v) is 9.31. The predicted octanol–water partition coefficient (Wildman–Crippen LogP) is 9.46. The largest absolute Gasteiger partial charge is 0.138 e. The minimum atomic E-state index is -0.705. The Hall–Kier alpha value is -3.00. The molecule has 0 spiro atoms. The van der Waals surface area contributed by atoms with Crippen molar-refractivity contribution in [3.63, 3.8) is 0 Å². The van der Waals surface area contributed by atoms with Crippen molar-refractivity contribution in [3.8, 4) is 22.9 Å². The Labute approximate surface area is 236 Å². The van der Waals surface area contributed by atoms with Gasteiger partial charge >= 0.3 is 0 Å². The third-order valence-corrected chi connectivity index (χ3v) is 11.2. The number of allylic oxidation sites excluding steroid dienone is 1. The first-order valence-corrected chi connectivity index (χ1v) is 19.7. The summed E-state index contributed by atoms with van der Waals surface area (Å²) in [6.07, 6.45) is 4.81. The lowest BCUT2D eigenvalue weighted by atomic mass is 9.79. The zero-order valence-corrected chi connectivity index (χ0v) is 25.5. The number of hydrogen-bond acceptors (Lipinski definition) is 2. The number of fused-ring (bicyclic) bond motifs is 10. The molecule has 1 aromatic heterocycles. The van der Waals surface area contributed by atoms with Gasteiger partial charge in [0, 0.05) is 58.1 Å². The highest BCUT2D eigenvalue weighted by Gasteiger charge is 2.38. The lowest BCUT2D eigenvalue weighted by Crippen LogP contribution is -2.12. The van der Waals surface area contributed by atoms with Crippen LogP contribution in [0, 0.1) is 22.9 Å². The molecule has 7 rings (SSSR count). The molecule has 1 aliphatic carbocycles. The van der Waals surface area contributed by atoms with Gasteiger partial charge in [0.2, 0.25) is 0 Å². The molecule has 1 aliphatic heterocycles. The zero-order chi connectivity index (χ0) is 26.0. The van der Waals surface area contributed by atoms with Gasteiger partial charge in [0.05, 0.1) is 0 Å². The number of benzene rings is 4. The van der Waals surface area contributed by atoms with Crippen LogP contribution in [0.15, 0.2) is 71.6 Å². The standard InChI is InChI=1S/C34H26S2Si2/c1-37(2)19-17-25-23-13-15-28-22-10-6-8-12-30(22)36-34(28)32(23)26(18-20-38(3)4)24-14-16-27-21-9-5-7-11-29(21)35-33(27)31(24)25/h5-16,27,33H,1-4H3. The molecular formula is C34H26S2Si2. The van der Waals surface area contributed by atoms with E-state index in [2.05, 4.69) is 122 Å². The predicted molar refractivity (Wildman–Crippen MR) is 172 cm³/mol. The van der Waals surface area contributed by atoms with E-state index in [1.54, 1.807) is 0 Å². The summed E-state index contributed by atoms with van der Waals surface area (Å²) in [5.41, 5.74) is 13.8. The topological polar surface area (TPSA) is 0 Å². The monoisotopic (exact) mass is 554 g/mol. The van der Waals surface area contributed by atoms with Gasteiger partial charge in [-0.1, -0.05) is 98.7 Å². The van der Waals surface area contributed by atoms with Crippen molar-refractivity contribution >= 4 is 77.7 Å². The number of hydrogen-bond donors (Lipinski definition) is 0. The molecule has 0 fully saturated rings. The van der Waals surface area contributed by atoms with Gasteiger partial charge in [-0.15, -0.1) is 34.2 Å². The van der Waals surface area contributed by atoms with Crippen LogP contribution in [-0.4, -0.2) is 17.6 Å². The first-order valence-electron chi connectivity index (χ1n) is 13.0. The Morgan fingerprint density at radius 1 is 0.737 bits per heavy atom. The van der Waals surface area contributed by atoms with Crippen molar-refractivity contribution in [2.45, 2.75) is 42.3 Å². The molecule has 2 radical (unpaired) electrons. The van der Waals surface area contributed by atoms with E-state index in [-0.39, 0.29) is 0 Å². The van der Waals surface area contributed by atoms with Gasteiger partial charge < -0.3 is 0 Å². The molecule has 38 heavy (non-hydrogen) atoms. The van der Waals surface area contributed by atoms with E-state index >= 15 is 0 Å². The molecule has 182 valence electrons. The molecule has 2 aliphatic rings. The fraction of sp³-hybridized carbons (Fsp3) is 0.176. The molecule has 0 N–H and O–H groups in total. The van der Waals surface area contributed by atoms with E-state index in [4.69, 9.17) is 0 Å². The van der Waals surface area contributed by atoms with Gasteiger partial charge in [-0.3, -0.25) is 0 Å². The summed E-state index contributed by atoms with van der Waals surface area (Å²) >= 11 is 3.91. The van der Waals surface area contributed by atoms with E-state index in [9.17, 15) is 0 Å². The number of thiophene rings is 1. The van der Waals surface area contributed by atoms with Crippen LogP contribution in [0.5, 0.6) is 0 Å². The van der Waals surface area contributed by atoms with Crippen molar-refractivity contribution in [1.29, 1.82) is 0 Å². The maximum absolute atomic E-state index is 3.76. The fourth-order valence-electron chi connectivity index (χ4n) is 5.78. The summed E-state index contributed by atoms with van der Waals surface area (Å²) in [5, 5.41) is 5.56. The van der Waals surface area contributed by atoms with Crippen molar-refractivity contribution < 1.29 is 0 Å². The Morgan fingerprint density at radius 3 is 2.26 bits per heavy atom. The second-order valence-corrected chi connectivity index (χ2v) is 17.2. The van der Waals surface area contributed by atoms with Crippen LogP contribution >= 0.6 is 23.1 Å². The Morgan fingerprint density at radius 2 is 1.45 bits per heavy atom. The van der Waals surface area contributed by atoms with Crippen molar-refractivity contribution in [2.75, 3.05) is 0 Å². The van der Waals surface area contributed by atoms with E-state index < -0.39 is 17.6 Å². The van der Waals surface area contributed by atoms with E-state index in [1.165, 1.54) is 63.7 Å². The second-order valence-electron chi connectivity index (χ2n) is 10.5. The Balaban J connectivity index is 1.64. The van der Waals surface area contributed by atoms with Crippen LogP contribution < -0.4 is 0 Å². The molecule has 2 unspecified atom stereocenters. The van der Waals surface area contributed by atoms with Crippen LogP contribution in [0.3, 0.4) is 0 Å². The summed E-state index contributed by atoms with van der Waals surface area (Å²) in [6, 6.07) is 22.4. The minimum absolute atomic E-state index is 0.331. The van der Waals surface area contributed by atoms with Crippen molar-refractivity contribution in [2.24, 2.45) is 0 Å². The second kappa shape index (κ2) is 9.33. The average Bonchev–Trinajstić information content (AvgIpc) is 3.48. The molecule has 4 heteroatoms. The molecule has 4 aromatic carbocycles. The summed E-state index contributed by atoms with van der Waals surface area (Å²) in [6.45, 7) is 9.13. The van der Waals surface area contributed by atoms with Gasteiger partial charge in [-0.25, -0.2) is 0 Å². The molecule has 0 amide bonds. The van der Waals surface area contributed by atoms with Crippen LogP contribution in [0.4, 0.5) is 0 Å². The Kier molecular flexibility index (Phi) is 5.91. The molecule has 0 saturated carbocycles. The highest BCUT2D eigenvalue weighted by molar-refractivity contribution is 8.00. The summed E-state index contributed by atoms with van der Waals surface area (Å²) in [5.74, 6) is 7.88. The van der Waals surface area contributed by atoms with Gasteiger partial charge in [0.25, 0.3) is 0 Å². The van der Waals surface area contributed by atoms with E-state index in [0.29, 0.717) is 11.2 Å².